The van der Waals surface area contributed by atoms with Crippen molar-refractivity contribution in [2.24, 2.45) is 0 Å². The third-order valence-electron chi connectivity index (χ3n) is 2.35. The second-order valence-electron chi connectivity index (χ2n) is 3.50. The van der Waals surface area contributed by atoms with Gasteiger partial charge in [0.25, 0.3) is 0 Å². The van der Waals surface area contributed by atoms with E-state index in [-0.39, 0.29) is 6.54 Å². The topological polar surface area (TPSA) is 42.2 Å². The lowest BCUT2D eigenvalue weighted by molar-refractivity contribution is -0.137. The summed E-state index contributed by atoms with van der Waals surface area (Å²) in [6, 6.07) is 5.89. The minimum Gasteiger partial charge on any atom is -0.480 e. The molecule has 1 heterocycles. The molecule has 0 aliphatic heterocycles. The normalized spacial score (nSPS) is 10.8. The van der Waals surface area contributed by atoms with E-state index in [1.807, 2.05) is 31.3 Å². The molecular weight excluding hydrogens is 258 g/mol. The largest absolute Gasteiger partial charge is 0.480 e. The van der Waals surface area contributed by atoms with Crippen molar-refractivity contribution < 1.29 is 9.90 Å². The Morgan fingerprint density at radius 3 is 2.93 bits per heavy atom. The van der Waals surface area contributed by atoms with Gasteiger partial charge in [-0.25, -0.2) is 0 Å². The average molecular weight is 268 g/mol. The highest BCUT2D eigenvalue weighted by Crippen LogP contribution is 2.24. The van der Waals surface area contributed by atoms with Crippen LogP contribution in [0.2, 0.25) is 0 Å². The first-order valence-electron chi connectivity index (χ1n) is 4.55. The molecule has 2 aromatic rings. The van der Waals surface area contributed by atoms with Crippen molar-refractivity contribution in [3.8, 4) is 0 Å². The van der Waals surface area contributed by atoms with Crippen LogP contribution in [-0.4, -0.2) is 15.6 Å². The summed E-state index contributed by atoms with van der Waals surface area (Å²) in [7, 11) is 0. The van der Waals surface area contributed by atoms with E-state index in [1.54, 1.807) is 4.57 Å². The Labute approximate surface area is 95.5 Å². The quantitative estimate of drug-likeness (QED) is 0.909. The number of aliphatic carboxylic acids is 1. The number of aryl methyl sites for hydroxylation is 1. The Balaban J connectivity index is 2.64. The number of benzene rings is 1. The lowest BCUT2D eigenvalue weighted by Gasteiger charge is -2.01. The predicted molar refractivity (Wildman–Crippen MR) is 62.0 cm³/mol. The first kappa shape index (κ1) is 10.2. The van der Waals surface area contributed by atoms with Crippen molar-refractivity contribution in [2.75, 3.05) is 0 Å². The van der Waals surface area contributed by atoms with Crippen LogP contribution in [0.4, 0.5) is 0 Å². The van der Waals surface area contributed by atoms with Crippen molar-refractivity contribution >= 4 is 32.8 Å². The van der Waals surface area contributed by atoms with E-state index in [0.717, 1.165) is 20.9 Å². The maximum absolute atomic E-state index is 10.7. The second kappa shape index (κ2) is 3.70. The van der Waals surface area contributed by atoms with Gasteiger partial charge in [-0.1, -0.05) is 22.0 Å². The molecular formula is C11H10BrNO2. The molecule has 0 saturated heterocycles. The van der Waals surface area contributed by atoms with Gasteiger partial charge < -0.3 is 9.67 Å². The van der Waals surface area contributed by atoms with Crippen LogP contribution in [0.15, 0.2) is 28.9 Å². The number of aromatic nitrogens is 1. The summed E-state index contributed by atoms with van der Waals surface area (Å²) in [6.07, 6.45) is 1.87. The number of hydrogen-bond acceptors (Lipinski definition) is 1. The maximum atomic E-state index is 10.7. The maximum Gasteiger partial charge on any atom is 0.323 e. The number of nitrogens with zero attached hydrogens (tertiary/aromatic N) is 1. The third-order valence-corrected chi connectivity index (χ3v) is 2.84. The van der Waals surface area contributed by atoms with E-state index in [4.69, 9.17) is 5.11 Å². The van der Waals surface area contributed by atoms with Crippen molar-refractivity contribution in [1.29, 1.82) is 0 Å². The molecule has 15 heavy (non-hydrogen) atoms. The fraction of sp³-hybridized carbons (Fsp3) is 0.182. The van der Waals surface area contributed by atoms with E-state index in [9.17, 15) is 4.79 Å². The molecule has 4 heteroatoms. The number of hydrogen-bond donors (Lipinski definition) is 1. The summed E-state index contributed by atoms with van der Waals surface area (Å²) < 4.78 is 2.71. The van der Waals surface area contributed by atoms with E-state index in [0.29, 0.717) is 0 Å². The summed E-state index contributed by atoms with van der Waals surface area (Å²) in [5.74, 6) is -0.827. The molecule has 3 nitrogen and oxygen atoms in total. The summed E-state index contributed by atoms with van der Waals surface area (Å²) in [5, 5.41) is 9.87. The zero-order valence-electron chi connectivity index (χ0n) is 8.20. The van der Waals surface area contributed by atoms with Gasteiger partial charge in [-0.15, -0.1) is 0 Å². The molecule has 0 aliphatic carbocycles. The number of fused-ring (bicyclic) bond motifs is 1. The SMILES string of the molecule is Cc1cn(CC(=O)O)c2cc(Br)ccc12. The van der Waals surface area contributed by atoms with Crippen LogP contribution in [0.1, 0.15) is 5.56 Å². The molecule has 0 spiro atoms. The number of carboxylic acids is 1. The first-order chi connectivity index (χ1) is 7.08. The summed E-state index contributed by atoms with van der Waals surface area (Å²) in [6.45, 7) is 1.98. The van der Waals surface area contributed by atoms with Crippen LogP contribution >= 0.6 is 15.9 Å². The van der Waals surface area contributed by atoms with Crippen molar-refractivity contribution in [1.82, 2.24) is 4.57 Å². The van der Waals surface area contributed by atoms with Crippen molar-refractivity contribution in [2.45, 2.75) is 13.5 Å². The fourth-order valence-corrected chi connectivity index (χ4v) is 2.07. The molecule has 0 aliphatic rings. The molecule has 0 radical (unpaired) electrons. The number of carboxylic acid groups (broad SMARTS) is 1. The lowest BCUT2D eigenvalue weighted by Crippen LogP contribution is -2.07. The van der Waals surface area contributed by atoms with Crippen molar-refractivity contribution in [3.63, 3.8) is 0 Å². The highest BCUT2D eigenvalue weighted by molar-refractivity contribution is 9.10. The standard InChI is InChI=1S/C11H10BrNO2/c1-7-5-13(6-11(14)15)10-4-8(12)2-3-9(7)10/h2-5H,6H2,1H3,(H,14,15). The van der Waals surface area contributed by atoms with Gasteiger partial charge in [-0.3, -0.25) is 4.79 Å². The molecule has 0 fully saturated rings. The van der Waals surface area contributed by atoms with E-state index >= 15 is 0 Å². The molecule has 1 aromatic heterocycles. The highest BCUT2D eigenvalue weighted by Gasteiger charge is 2.07. The number of carbonyl (C=O) groups is 1. The van der Waals surface area contributed by atoms with Crippen molar-refractivity contribution in [3.05, 3.63) is 34.4 Å². The van der Waals surface area contributed by atoms with Crippen LogP contribution in [0.25, 0.3) is 10.9 Å². The van der Waals surface area contributed by atoms with Gasteiger partial charge in [0.1, 0.15) is 6.54 Å². The average Bonchev–Trinajstić information content (AvgIpc) is 2.42. The zero-order chi connectivity index (χ0) is 11.0. The van der Waals surface area contributed by atoms with E-state index in [1.165, 1.54) is 0 Å². The van der Waals surface area contributed by atoms with Gasteiger partial charge in [0.15, 0.2) is 0 Å². The Bertz CT molecular complexity index is 531. The Hall–Kier alpha value is -1.29. The Morgan fingerprint density at radius 2 is 2.27 bits per heavy atom. The predicted octanol–water partition coefficient (Wildman–Crippen LogP) is 2.80. The molecule has 0 bridgehead atoms. The highest BCUT2D eigenvalue weighted by atomic mass is 79.9. The number of halogens is 1. The van der Waals surface area contributed by atoms with Crippen LogP contribution in [0.5, 0.6) is 0 Å². The summed E-state index contributed by atoms with van der Waals surface area (Å²) in [4.78, 5) is 10.7. The molecule has 2 rings (SSSR count). The molecule has 1 N–H and O–H groups in total. The van der Waals surface area contributed by atoms with Gasteiger partial charge in [0.2, 0.25) is 0 Å². The monoisotopic (exact) mass is 267 g/mol. The molecule has 0 saturated carbocycles. The minimum atomic E-state index is -0.827. The Morgan fingerprint density at radius 1 is 1.53 bits per heavy atom. The minimum absolute atomic E-state index is 0.000787. The van der Waals surface area contributed by atoms with Gasteiger partial charge in [-0.2, -0.15) is 0 Å². The van der Waals surface area contributed by atoms with E-state index in [2.05, 4.69) is 15.9 Å². The first-order valence-corrected chi connectivity index (χ1v) is 5.34. The summed E-state index contributed by atoms with van der Waals surface area (Å²) in [5.41, 5.74) is 2.04. The van der Waals surface area contributed by atoms with Crippen LogP contribution < -0.4 is 0 Å². The van der Waals surface area contributed by atoms with Gasteiger partial charge >= 0.3 is 5.97 Å². The zero-order valence-corrected chi connectivity index (χ0v) is 9.78. The lowest BCUT2D eigenvalue weighted by atomic mass is 10.2. The molecule has 0 unspecified atom stereocenters. The van der Waals surface area contributed by atoms with Crippen LogP contribution in [-0.2, 0) is 11.3 Å². The smallest absolute Gasteiger partial charge is 0.323 e. The third kappa shape index (κ3) is 1.90. The Kier molecular flexibility index (Phi) is 2.52. The van der Waals surface area contributed by atoms with Crippen LogP contribution in [0.3, 0.4) is 0 Å². The fourth-order valence-electron chi connectivity index (χ4n) is 1.73. The molecule has 78 valence electrons. The van der Waals surface area contributed by atoms with Gasteiger partial charge in [0, 0.05) is 21.6 Å². The molecule has 1 aromatic carbocycles. The molecule has 0 amide bonds. The molecule has 0 atom stereocenters. The van der Waals surface area contributed by atoms with Gasteiger partial charge in [-0.05, 0) is 24.6 Å². The van der Waals surface area contributed by atoms with E-state index < -0.39 is 5.97 Å². The van der Waals surface area contributed by atoms with Gasteiger partial charge in [0.05, 0.1) is 0 Å². The second-order valence-corrected chi connectivity index (χ2v) is 4.41. The number of rotatable bonds is 2. The van der Waals surface area contributed by atoms with Crippen LogP contribution in [0, 0.1) is 6.92 Å². The summed E-state index contributed by atoms with van der Waals surface area (Å²) >= 11 is 3.38.